The van der Waals surface area contributed by atoms with E-state index >= 15 is 0 Å². The van der Waals surface area contributed by atoms with Crippen molar-refractivity contribution in [2.75, 3.05) is 19.0 Å². The molecule has 1 aromatic carbocycles. The van der Waals surface area contributed by atoms with E-state index in [0.29, 0.717) is 5.69 Å². The Labute approximate surface area is 140 Å². The first-order chi connectivity index (χ1) is 11.0. The molecule has 0 aliphatic carbocycles. The van der Waals surface area contributed by atoms with Gasteiger partial charge in [-0.25, -0.2) is 4.79 Å². The van der Waals surface area contributed by atoms with Crippen molar-refractivity contribution in [3.63, 3.8) is 0 Å². The Morgan fingerprint density at radius 1 is 1.25 bits per heavy atom. The van der Waals surface area contributed by atoms with E-state index in [-0.39, 0.29) is 17.7 Å². The van der Waals surface area contributed by atoms with Crippen LogP contribution in [0.25, 0.3) is 0 Å². The van der Waals surface area contributed by atoms with Gasteiger partial charge in [-0.15, -0.1) is 0 Å². The van der Waals surface area contributed by atoms with Gasteiger partial charge in [0.1, 0.15) is 18.2 Å². The first-order valence-corrected chi connectivity index (χ1v) is 7.28. The standard InChI is InChI=1S/C16H23N3O5/c1-16(2,3)24-12(20)8-19-11-6-5-9(15(22)23-4)7-10(11)13(17)14(18)21/h5-7,13,19H,8,17H2,1-4H3,(H2,18,21)/t13-/m0/s1. The third-order valence-corrected chi connectivity index (χ3v) is 2.96. The van der Waals surface area contributed by atoms with E-state index in [4.69, 9.17) is 16.2 Å². The van der Waals surface area contributed by atoms with Crippen molar-refractivity contribution in [1.82, 2.24) is 0 Å². The molecule has 132 valence electrons. The Hall–Kier alpha value is -2.61. The number of methoxy groups -OCH3 is 1. The van der Waals surface area contributed by atoms with Crippen molar-refractivity contribution in [3.8, 4) is 0 Å². The highest BCUT2D eigenvalue weighted by Gasteiger charge is 2.21. The number of rotatable bonds is 6. The van der Waals surface area contributed by atoms with E-state index < -0.39 is 29.5 Å². The quantitative estimate of drug-likeness (QED) is 0.651. The summed E-state index contributed by atoms with van der Waals surface area (Å²) in [6.07, 6.45) is 0. The molecule has 24 heavy (non-hydrogen) atoms. The number of esters is 2. The van der Waals surface area contributed by atoms with Crippen molar-refractivity contribution in [3.05, 3.63) is 29.3 Å². The second-order valence-corrected chi connectivity index (χ2v) is 6.11. The third kappa shape index (κ3) is 5.54. The summed E-state index contributed by atoms with van der Waals surface area (Å²) in [5.74, 6) is -1.82. The molecule has 0 radical (unpaired) electrons. The Morgan fingerprint density at radius 3 is 2.38 bits per heavy atom. The average molecular weight is 337 g/mol. The maximum atomic E-state index is 11.8. The summed E-state index contributed by atoms with van der Waals surface area (Å²) < 4.78 is 9.82. The molecule has 1 atom stereocenters. The van der Waals surface area contributed by atoms with Crippen molar-refractivity contribution in [2.45, 2.75) is 32.4 Å². The monoisotopic (exact) mass is 337 g/mol. The van der Waals surface area contributed by atoms with Gasteiger partial charge in [0.25, 0.3) is 0 Å². The highest BCUT2D eigenvalue weighted by molar-refractivity contribution is 5.92. The summed E-state index contributed by atoms with van der Waals surface area (Å²) in [5, 5.41) is 2.84. The van der Waals surface area contributed by atoms with Crippen molar-refractivity contribution >= 4 is 23.5 Å². The van der Waals surface area contributed by atoms with E-state index in [0.717, 1.165) is 0 Å². The molecule has 0 bridgehead atoms. The molecule has 0 fully saturated rings. The number of primary amides is 1. The topological polar surface area (TPSA) is 134 Å². The molecular formula is C16H23N3O5. The van der Waals surface area contributed by atoms with Gasteiger partial charge in [0, 0.05) is 11.3 Å². The van der Waals surface area contributed by atoms with Crippen LogP contribution in [-0.2, 0) is 19.1 Å². The largest absolute Gasteiger partial charge is 0.465 e. The molecule has 0 aliphatic rings. The lowest BCUT2D eigenvalue weighted by Crippen LogP contribution is -2.31. The van der Waals surface area contributed by atoms with Crippen LogP contribution < -0.4 is 16.8 Å². The fourth-order valence-corrected chi connectivity index (χ4v) is 1.92. The van der Waals surface area contributed by atoms with Crippen LogP contribution >= 0.6 is 0 Å². The summed E-state index contributed by atoms with van der Waals surface area (Å²) in [5.41, 5.74) is 11.3. The van der Waals surface area contributed by atoms with Gasteiger partial charge in [-0.1, -0.05) is 0 Å². The van der Waals surface area contributed by atoms with Crippen LogP contribution in [0, 0.1) is 0 Å². The lowest BCUT2D eigenvalue weighted by molar-refractivity contribution is -0.152. The summed E-state index contributed by atoms with van der Waals surface area (Å²) in [4.78, 5) is 34.8. The van der Waals surface area contributed by atoms with Crippen molar-refractivity contribution in [1.29, 1.82) is 0 Å². The van der Waals surface area contributed by atoms with Crippen LogP contribution in [0.1, 0.15) is 42.7 Å². The van der Waals surface area contributed by atoms with Crippen LogP contribution in [-0.4, -0.2) is 37.1 Å². The van der Waals surface area contributed by atoms with E-state index in [1.165, 1.54) is 25.3 Å². The maximum Gasteiger partial charge on any atom is 0.337 e. The second-order valence-electron chi connectivity index (χ2n) is 6.11. The highest BCUT2D eigenvalue weighted by Crippen LogP contribution is 2.23. The summed E-state index contributed by atoms with van der Waals surface area (Å²) in [7, 11) is 1.24. The van der Waals surface area contributed by atoms with Gasteiger partial charge < -0.3 is 26.3 Å². The van der Waals surface area contributed by atoms with Gasteiger partial charge in [0.05, 0.1) is 12.7 Å². The third-order valence-electron chi connectivity index (χ3n) is 2.96. The summed E-state index contributed by atoms with van der Waals surface area (Å²) in [6, 6.07) is 3.27. The summed E-state index contributed by atoms with van der Waals surface area (Å²) >= 11 is 0. The molecule has 0 aromatic heterocycles. The number of amides is 1. The minimum Gasteiger partial charge on any atom is -0.465 e. The van der Waals surface area contributed by atoms with Crippen LogP contribution in [0.4, 0.5) is 5.69 Å². The number of hydrogen-bond acceptors (Lipinski definition) is 7. The Balaban J connectivity index is 3.02. The first-order valence-electron chi connectivity index (χ1n) is 7.28. The average Bonchev–Trinajstić information content (AvgIpc) is 2.49. The normalized spacial score (nSPS) is 12.2. The smallest absolute Gasteiger partial charge is 0.337 e. The van der Waals surface area contributed by atoms with Gasteiger partial charge >= 0.3 is 11.9 Å². The zero-order valence-electron chi connectivity index (χ0n) is 14.2. The van der Waals surface area contributed by atoms with Gasteiger partial charge in [0.15, 0.2) is 0 Å². The molecule has 0 heterocycles. The number of carbonyl (C=O) groups is 3. The Morgan fingerprint density at radius 2 is 1.88 bits per heavy atom. The minimum absolute atomic E-state index is 0.132. The molecule has 0 spiro atoms. The van der Waals surface area contributed by atoms with Gasteiger partial charge in [-0.2, -0.15) is 0 Å². The maximum absolute atomic E-state index is 11.8. The molecule has 0 saturated carbocycles. The lowest BCUT2D eigenvalue weighted by Gasteiger charge is -2.21. The number of nitrogens with two attached hydrogens (primary N) is 2. The van der Waals surface area contributed by atoms with E-state index in [9.17, 15) is 14.4 Å². The van der Waals surface area contributed by atoms with E-state index in [2.05, 4.69) is 10.1 Å². The molecule has 8 heteroatoms. The van der Waals surface area contributed by atoms with E-state index in [1.54, 1.807) is 20.8 Å². The molecule has 0 saturated heterocycles. The van der Waals surface area contributed by atoms with Gasteiger partial charge in [0.2, 0.25) is 5.91 Å². The van der Waals surface area contributed by atoms with Crippen LogP contribution in [0.2, 0.25) is 0 Å². The van der Waals surface area contributed by atoms with Gasteiger partial charge in [-0.3, -0.25) is 9.59 Å². The Bertz CT molecular complexity index is 637. The molecule has 5 N–H and O–H groups in total. The zero-order chi connectivity index (χ0) is 18.5. The van der Waals surface area contributed by atoms with E-state index in [1.807, 2.05) is 0 Å². The van der Waals surface area contributed by atoms with Crippen molar-refractivity contribution < 1.29 is 23.9 Å². The fraction of sp³-hybridized carbons (Fsp3) is 0.438. The highest BCUT2D eigenvalue weighted by atomic mass is 16.6. The predicted octanol–water partition coefficient (Wildman–Crippen LogP) is 0.712. The van der Waals surface area contributed by atoms with Crippen LogP contribution in [0.15, 0.2) is 18.2 Å². The number of ether oxygens (including phenoxy) is 2. The van der Waals surface area contributed by atoms with Crippen molar-refractivity contribution in [2.24, 2.45) is 11.5 Å². The zero-order valence-corrected chi connectivity index (χ0v) is 14.2. The fourth-order valence-electron chi connectivity index (χ4n) is 1.92. The lowest BCUT2D eigenvalue weighted by atomic mass is 10.0. The number of benzene rings is 1. The minimum atomic E-state index is -1.14. The molecule has 1 rings (SSSR count). The molecule has 1 aromatic rings. The second kappa shape index (κ2) is 7.78. The molecular weight excluding hydrogens is 314 g/mol. The van der Waals surface area contributed by atoms with Crippen LogP contribution in [0.5, 0.6) is 0 Å². The Kier molecular flexibility index (Phi) is 6.30. The SMILES string of the molecule is COC(=O)c1ccc(NCC(=O)OC(C)(C)C)c([C@H](N)C(N)=O)c1. The summed E-state index contributed by atoms with van der Waals surface area (Å²) in [6.45, 7) is 5.13. The molecule has 0 unspecified atom stereocenters. The molecule has 1 amide bonds. The number of anilines is 1. The first kappa shape index (κ1) is 19.4. The van der Waals surface area contributed by atoms with Crippen LogP contribution in [0.3, 0.4) is 0 Å². The van der Waals surface area contributed by atoms with Gasteiger partial charge in [-0.05, 0) is 39.0 Å². The molecule has 0 aliphatic heterocycles. The number of carbonyl (C=O) groups excluding carboxylic acids is 3. The predicted molar refractivity (Wildman–Crippen MR) is 88.2 cm³/mol. The number of nitrogens with one attached hydrogen (secondary N) is 1. The molecule has 8 nitrogen and oxygen atoms in total. The number of hydrogen-bond donors (Lipinski definition) is 3.